The molecular formula is C17H22N2O2. The largest absolute Gasteiger partial charge is 0.494 e. The van der Waals surface area contributed by atoms with E-state index in [9.17, 15) is 4.79 Å². The zero-order valence-electron chi connectivity index (χ0n) is 13.1. The highest BCUT2D eigenvalue weighted by molar-refractivity contribution is 5.96. The fourth-order valence-corrected chi connectivity index (χ4v) is 2.49. The van der Waals surface area contributed by atoms with Crippen molar-refractivity contribution in [3.05, 3.63) is 46.8 Å². The van der Waals surface area contributed by atoms with E-state index in [1.807, 2.05) is 56.8 Å². The van der Waals surface area contributed by atoms with Gasteiger partial charge in [0.05, 0.1) is 12.3 Å². The van der Waals surface area contributed by atoms with E-state index < -0.39 is 0 Å². The van der Waals surface area contributed by atoms with Crippen molar-refractivity contribution in [2.75, 3.05) is 6.61 Å². The molecule has 2 aromatic rings. The van der Waals surface area contributed by atoms with E-state index in [2.05, 4.69) is 5.10 Å². The van der Waals surface area contributed by atoms with Crippen LogP contribution in [0.3, 0.4) is 0 Å². The van der Waals surface area contributed by atoms with E-state index in [0.29, 0.717) is 18.6 Å². The average molecular weight is 286 g/mol. The Balaban J connectivity index is 2.06. The molecule has 112 valence electrons. The molecule has 1 aromatic carbocycles. The fourth-order valence-electron chi connectivity index (χ4n) is 2.49. The lowest BCUT2D eigenvalue weighted by Gasteiger charge is -2.06. The molecule has 21 heavy (non-hydrogen) atoms. The highest BCUT2D eigenvalue weighted by atomic mass is 16.5. The van der Waals surface area contributed by atoms with Crippen LogP contribution < -0.4 is 4.74 Å². The molecule has 2 rings (SSSR count). The van der Waals surface area contributed by atoms with Crippen LogP contribution in [0.5, 0.6) is 5.75 Å². The van der Waals surface area contributed by atoms with Gasteiger partial charge in [-0.15, -0.1) is 0 Å². The first kappa shape index (κ1) is 15.3. The number of hydrogen-bond donors (Lipinski definition) is 0. The van der Waals surface area contributed by atoms with E-state index in [4.69, 9.17) is 4.74 Å². The van der Waals surface area contributed by atoms with Gasteiger partial charge in [0.15, 0.2) is 5.78 Å². The molecule has 0 radical (unpaired) electrons. The molecule has 0 saturated carbocycles. The fraction of sp³-hybridized carbons (Fsp3) is 0.412. The number of ketones is 1. The summed E-state index contributed by atoms with van der Waals surface area (Å²) in [6.45, 7) is 6.56. The summed E-state index contributed by atoms with van der Waals surface area (Å²) in [4.78, 5) is 12.3. The Morgan fingerprint density at radius 1 is 1.33 bits per heavy atom. The van der Waals surface area contributed by atoms with Gasteiger partial charge in [-0.1, -0.05) is 12.1 Å². The molecule has 0 aliphatic heterocycles. The van der Waals surface area contributed by atoms with Gasteiger partial charge >= 0.3 is 0 Å². The molecule has 1 aromatic heterocycles. The summed E-state index contributed by atoms with van der Waals surface area (Å²) in [5.74, 6) is 0.885. The Morgan fingerprint density at radius 2 is 2.10 bits per heavy atom. The topological polar surface area (TPSA) is 44.1 Å². The van der Waals surface area contributed by atoms with Gasteiger partial charge in [0, 0.05) is 24.7 Å². The number of rotatable bonds is 6. The van der Waals surface area contributed by atoms with Gasteiger partial charge in [-0.25, -0.2) is 0 Å². The lowest BCUT2D eigenvalue weighted by atomic mass is 10.0. The Bertz CT molecular complexity index is 644. The quantitative estimate of drug-likeness (QED) is 0.766. The standard InChI is InChI=1S/C17H22N2O2/c1-5-21-15-8-6-7-14(11-15)17(20)10-9-16-12(2)18-19(4)13(16)3/h6-8,11H,5,9-10H2,1-4H3. The molecule has 0 unspecified atom stereocenters. The summed E-state index contributed by atoms with van der Waals surface area (Å²) in [7, 11) is 1.93. The first-order chi connectivity index (χ1) is 10.0. The van der Waals surface area contributed by atoms with Gasteiger partial charge in [0.25, 0.3) is 0 Å². The predicted molar refractivity (Wildman–Crippen MR) is 82.9 cm³/mol. The highest BCUT2D eigenvalue weighted by Gasteiger charge is 2.13. The van der Waals surface area contributed by atoms with Crippen LogP contribution in [0, 0.1) is 13.8 Å². The van der Waals surface area contributed by atoms with Gasteiger partial charge in [0.2, 0.25) is 0 Å². The summed E-state index contributed by atoms with van der Waals surface area (Å²) in [5.41, 5.74) is 4.01. The smallest absolute Gasteiger partial charge is 0.163 e. The molecule has 4 heteroatoms. The second kappa shape index (κ2) is 6.57. The van der Waals surface area contributed by atoms with E-state index in [1.54, 1.807) is 0 Å². The van der Waals surface area contributed by atoms with Crippen LogP contribution >= 0.6 is 0 Å². The number of carbonyl (C=O) groups excluding carboxylic acids is 1. The zero-order chi connectivity index (χ0) is 15.4. The van der Waals surface area contributed by atoms with Gasteiger partial charge in [-0.2, -0.15) is 5.10 Å². The number of aryl methyl sites for hydroxylation is 2. The molecular weight excluding hydrogens is 264 g/mol. The minimum absolute atomic E-state index is 0.138. The Kier molecular flexibility index (Phi) is 4.78. The van der Waals surface area contributed by atoms with Crippen molar-refractivity contribution in [3.63, 3.8) is 0 Å². The molecule has 0 N–H and O–H groups in total. The van der Waals surface area contributed by atoms with Crippen molar-refractivity contribution >= 4 is 5.78 Å². The lowest BCUT2D eigenvalue weighted by Crippen LogP contribution is -2.03. The van der Waals surface area contributed by atoms with Crippen molar-refractivity contribution in [1.82, 2.24) is 9.78 Å². The molecule has 0 fully saturated rings. The second-order valence-electron chi connectivity index (χ2n) is 5.16. The van der Waals surface area contributed by atoms with Crippen LogP contribution in [0.15, 0.2) is 24.3 Å². The van der Waals surface area contributed by atoms with E-state index in [1.165, 1.54) is 5.56 Å². The maximum Gasteiger partial charge on any atom is 0.163 e. The number of ether oxygens (including phenoxy) is 1. The third-order valence-corrected chi connectivity index (χ3v) is 3.73. The van der Waals surface area contributed by atoms with E-state index in [-0.39, 0.29) is 5.78 Å². The third kappa shape index (κ3) is 3.51. The SMILES string of the molecule is CCOc1cccc(C(=O)CCc2c(C)nn(C)c2C)c1. The normalized spacial score (nSPS) is 10.7. The van der Waals surface area contributed by atoms with Crippen molar-refractivity contribution in [2.24, 2.45) is 7.05 Å². The van der Waals surface area contributed by atoms with Crippen molar-refractivity contribution < 1.29 is 9.53 Å². The molecule has 0 aliphatic rings. The molecule has 0 amide bonds. The predicted octanol–water partition coefficient (Wildman–Crippen LogP) is 3.25. The van der Waals surface area contributed by atoms with Crippen LogP contribution in [0.2, 0.25) is 0 Å². The molecule has 0 aliphatic carbocycles. The number of benzene rings is 1. The molecule has 0 spiro atoms. The number of nitrogens with zero attached hydrogens (tertiary/aromatic N) is 2. The number of Topliss-reactive ketones (excluding diaryl/α,β-unsaturated/α-hetero) is 1. The maximum atomic E-state index is 12.3. The second-order valence-corrected chi connectivity index (χ2v) is 5.16. The van der Waals surface area contributed by atoms with Gasteiger partial charge < -0.3 is 4.74 Å². The van der Waals surface area contributed by atoms with Crippen molar-refractivity contribution in [2.45, 2.75) is 33.6 Å². The van der Waals surface area contributed by atoms with Crippen LogP contribution in [0.1, 0.15) is 40.7 Å². The van der Waals surface area contributed by atoms with Gasteiger partial charge in [-0.3, -0.25) is 9.48 Å². The Labute approximate surface area is 125 Å². The van der Waals surface area contributed by atoms with E-state index in [0.717, 1.165) is 23.6 Å². The van der Waals surface area contributed by atoms with Crippen LogP contribution in [0.4, 0.5) is 0 Å². The number of hydrogen-bond acceptors (Lipinski definition) is 3. The summed E-state index contributed by atoms with van der Waals surface area (Å²) in [6, 6.07) is 7.39. The maximum absolute atomic E-state index is 12.3. The van der Waals surface area contributed by atoms with Crippen molar-refractivity contribution in [3.8, 4) is 5.75 Å². The molecule has 0 saturated heterocycles. The third-order valence-electron chi connectivity index (χ3n) is 3.73. The van der Waals surface area contributed by atoms with E-state index >= 15 is 0 Å². The monoisotopic (exact) mass is 286 g/mol. The number of aromatic nitrogens is 2. The van der Waals surface area contributed by atoms with Crippen LogP contribution in [-0.2, 0) is 13.5 Å². The first-order valence-electron chi connectivity index (χ1n) is 7.28. The first-order valence-corrected chi connectivity index (χ1v) is 7.28. The molecule has 4 nitrogen and oxygen atoms in total. The van der Waals surface area contributed by atoms with Crippen molar-refractivity contribution in [1.29, 1.82) is 0 Å². The summed E-state index contributed by atoms with van der Waals surface area (Å²) < 4.78 is 7.30. The summed E-state index contributed by atoms with van der Waals surface area (Å²) >= 11 is 0. The molecule has 1 heterocycles. The summed E-state index contributed by atoms with van der Waals surface area (Å²) in [6.07, 6.45) is 1.21. The Morgan fingerprint density at radius 3 is 2.71 bits per heavy atom. The molecule has 0 atom stereocenters. The minimum atomic E-state index is 0.138. The average Bonchev–Trinajstić information content (AvgIpc) is 2.70. The highest BCUT2D eigenvalue weighted by Crippen LogP contribution is 2.18. The van der Waals surface area contributed by atoms with Crippen LogP contribution in [0.25, 0.3) is 0 Å². The minimum Gasteiger partial charge on any atom is -0.494 e. The van der Waals surface area contributed by atoms with Gasteiger partial charge in [-0.05, 0) is 44.9 Å². The lowest BCUT2D eigenvalue weighted by molar-refractivity contribution is 0.0982. The van der Waals surface area contributed by atoms with Crippen LogP contribution in [-0.4, -0.2) is 22.2 Å². The number of carbonyl (C=O) groups is 1. The molecule has 0 bridgehead atoms. The van der Waals surface area contributed by atoms with Gasteiger partial charge in [0.1, 0.15) is 5.75 Å². The summed E-state index contributed by atoms with van der Waals surface area (Å²) in [5, 5.41) is 4.39. The Hall–Kier alpha value is -2.10. The zero-order valence-corrected chi connectivity index (χ0v) is 13.1.